The fraction of sp³-hybridized carbons (Fsp3) is 0.600. The standard InChI is InChI=1S/C15H22N2O2/c1-10-5-3-4-6-12(10)17-13(9-15(16)19-17)14-8-7-11(2)18-14/h7-10,12-13H,3-6,16H2,1-2H3. The highest BCUT2D eigenvalue weighted by atomic mass is 16.7. The minimum absolute atomic E-state index is 0.0132. The second kappa shape index (κ2) is 4.93. The van der Waals surface area contributed by atoms with Gasteiger partial charge in [0.05, 0.1) is 0 Å². The predicted molar refractivity (Wildman–Crippen MR) is 72.8 cm³/mol. The minimum Gasteiger partial charge on any atom is -0.464 e. The van der Waals surface area contributed by atoms with Gasteiger partial charge in [0.25, 0.3) is 0 Å². The number of hydroxylamine groups is 2. The fourth-order valence-corrected chi connectivity index (χ4v) is 3.21. The van der Waals surface area contributed by atoms with Crippen LogP contribution >= 0.6 is 0 Å². The van der Waals surface area contributed by atoms with Gasteiger partial charge in [-0.05, 0) is 37.8 Å². The van der Waals surface area contributed by atoms with Crippen LogP contribution in [0.5, 0.6) is 0 Å². The maximum atomic E-state index is 5.87. The summed E-state index contributed by atoms with van der Waals surface area (Å²) in [7, 11) is 0. The van der Waals surface area contributed by atoms with Crippen molar-refractivity contribution in [1.29, 1.82) is 0 Å². The number of nitrogens with zero attached hydrogens (tertiary/aromatic N) is 1. The van der Waals surface area contributed by atoms with E-state index in [0.717, 1.165) is 11.5 Å². The third kappa shape index (κ3) is 2.37. The molecule has 0 aromatic carbocycles. The summed E-state index contributed by atoms with van der Waals surface area (Å²) in [6.07, 6.45) is 6.95. The van der Waals surface area contributed by atoms with Crippen molar-refractivity contribution >= 4 is 0 Å². The molecule has 2 aliphatic rings. The first-order valence-corrected chi connectivity index (χ1v) is 7.15. The average molecular weight is 262 g/mol. The summed E-state index contributed by atoms with van der Waals surface area (Å²) in [6, 6.07) is 4.43. The van der Waals surface area contributed by atoms with Crippen molar-refractivity contribution in [2.24, 2.45) is 11.7 Å². The molecule has 4 nitrogen and oxygen atoms in total. The summed E-state index contributed by atoms with van der Waals surface area (Å²) < 4.78 is 5.75. The lowest BCUT2D eigenvalue weighted by atomic mass is 9.85. The van der Waals surface area contributed by atoms with Crippen LogP contribution < -0.4 is 5.73 Å². The van der Waals surface area contributed by atoms with Crippen LogP contribution in [0.25, 0.3) is 0 Å². The van der Waals surface area contributed by atoms with Crippen molar-refractivity contribution in [1.82, 2.24) is 5.06 Å². The van der Waals surface area contributed by atoms with Crippen molar-refractivity contribution < 1.29 is 9.25 Å². The van der Waals surface area contributed by atoms with Crippen LogP contribution in [0, 0.1) is 12.8 Å². The largest absolute Gasteiger partial charge is 0.464 e. The van der Waals surface area contributed by atoms with E-state index in [1.54, 1.807) is 0 Å². The van der Waals surface area contributed by atoms with Gasteiger partial charge in [-0.25, -0.2) is 0 Å². The highest BCUT2D eigenvalue weighted by molar-refractivity contribution is 5.18. The van der Waals surface area contributed by atoms with E-state index < -0.39 is 0 Å². The van der Waals surface area contributed by atoms with E-state index in [1.165, 1.54) is 25.7 Å². The molecule has 2 heterocycles. The van der Waals surface area contributed by atoms with E-state index >= 15 is 0 Å². The second-order valence-corrected chi connectivity index (χ2v) is 5.74. The van der Waals surface area contributed by atoms with Crippen LogP contribution in [0.1, 0.15) is 50.2 Å². The summed E-state index contributed by atoms with van der Waals surface area (Å²) in [6.45, 7) is 4.26. The van der Waals surface area contributed by atoms with Gasteiger partial charge in [-0.3, -0.25) is 0 Å². The summed E-state index contributed by atoms with van der Waals surface area (Å²) in [5.41, 5.74) is 5.87. The smallest absolute Gasteiger partial charge is 0.207 e. The Morgan fingerprint density at radius 2 is 2.05 bits per heavy atom. The zero-order chi connectivity index (χ0) is 13.4. The first-order chi connectivity index (χ1) is 9.15. The minimum atomic E-state index is 0.0132. The zero-order valence-corrected chi connectivity index (χ0v) is 11.6. The molecule has 1 fully saturated rings. The third-order valence-electron chi connectivity index (χ3n) is 4.25. The van der Waals surface area contributed by atoms with Crippen molar-refractivity contribution in [3.05, 3.63) is 35.6 Å². The van der Waals surface area contributed by atoms with Gasteiger partial charge < -0.3 is 15.0 Å². The van der Waals surface area contributed by atoms with E-state index in [9.17, 15) is 0 Å². The normalized spacial score (nSPS) is 32.1. The first kappa shape index (κ1) is 12.6. The fourth-order valence-electron chi connectivity index (χ4n) is 3.21. The first-order valence-electron chi connectivity index (χ1n) is 7.15. The Bertz CT molecular complexity index is 480. The molecule has 0 saturated heterocycles. The number of hydrogen-bond acceptors (Lipinski definition) is 4. The summed E-state index contributed by atoms with van der Waals surface area (Å²) in [5, 5.41) is 2.04. The molecule has 4 heteroatoms. The van der Waals surface area contributed by atoms with Crippen molar-refractivity contribution in [2.75, 3.05) is 0 Å². The molecule has 1 aliphatic heterocycles. The number of aryl methyl sites for hydroxylation is 1. The molecule has 1 saturated carbocycles. The lowest BCUT2D eigenvalue weighted by Gasteiger charge is -2.37. The topological polar surface area (TPSA) is 51.6 Å². The van der Waals surface area contributed by atoms with Gasteiger partial charge in [0.1, 0.15) is 17.6 Å². The SMILES string of the molecule is Cc1ccc(C2C=C(N)ON2C2CCCCC2C)o1. The van der Waals surface area contributed by atoms with Gasteiger partial charge in [0.15, 0.2) is 0 Å². The van der Waals surface area contributed by atoms with Crippen molar-refractivity contribution in [2.45, 2.75) is 51.6 Å². The summed E-state index contributed by atoms with van der Waals surface area (Å²) in [5.74, 6) is 2.95. The van der Waals surface area contributed by atoms with Crippen molar-refractivity contribution in [3.8, 4) is 0 Å². The Morgan fingerprint density at radius 1 is 1.26 bits per heavy atom. The van der Waals surface area contributed by atoms with Gasteiger partial charge in [-0.2, -0.15) is 0 Å². The number of furan rings is 1. The van der Waals surface area contributed by atoms with Crippen LogP contribution in [-0.4, -0.2) is 11.1 Å². The third-order valence-corrected chi connectivity index (χ3v) is 4.25. The molecule has 0 amide bonds. The van der Waals surface area contributed by atoms with Crippen LogP contribution in [0.3, 0.4) is 0 Å². The number of nitrogens with two attached hydrogens (primary N) is 1. The monoisotopic (exact) mass is 262 g/mol. The molecule has 3 atom stereocenters. The van der Waals surface area contributed by atoms with Crippen LogP contribution in [0.4, 0.5) is 0 Å². The molecule has 1 aromatic rings. The number of rotatable bonds is 2. The molecule has 104 valence electrons. The van der Waals surface area contributed by atoms with Gasteiger partial charge in [-0.15, -0.1) is 5.06 Å². The van der Waals surface area contributed by atoms with Gasteiger partial charge in [-0.1, -0.05) is 19.8 Å². The van der Waals surface area contributed by atoms with Crippen LogP contribution in [-0.2, 0) is 4.84 Å². The molecule has 0 spiro atoms. The van der Waals surface area contributed by atoms with Crippen LogP contribution in [0.2, 0.25) is 0 Å². The maximum Gasteiger partial charge on any atom is 0.207 e. The summed E-state index contributed by atoms with van der Waals surface area (Å²) >= 11 is 0. The Hall–Kier alpha value is -1.42. The van der Waals surface area contributed by atoms with E-state index in [0.29, 0.717) is 17.8 Å². The molecule has 0 radical (unpaired) electrons. The molecular formula is C15H22N2O2. The Balaban J connectivity index is 1.84. The van der Waals surface area contributed by atoms with E-state index in [1.807, 2.05) is 30.2 Å². The predicted octanol–water partition coefficient (Wildman–Crippen LogP) is 3.26. The summed E-state index contributed by atoms with van der Waals surface area (Å²) in [4.78, 5) is 5.76. The van der Waals surface area contributed by atoms with Crippen molar-refractivity contribution in [3.63, 3.8) is 0 Å². The van der Waals surface area contributed by atoms with Gasteiger partial charge >= 0.3 is 0 Å². The molecule has 3 unspecified atom stereocenters. The van der Waals surface area contributed by atoms with E-state index in [2.05, 4.69) is 6.92 Å². The highest BCUT2D eigenvalue weighted by Gasteiger charge is 2.38. The molecule has 1 aromatic heterocycles. The zero-order valence-electron chi connectivity index (χ0n) is 11.6. The maximum absolute atomic E-state index is 5.87. The molecule has 0 bridgehead atoms. The highest BCUT2D eigenvalue weighted by Crippen LogP contribution is 2.38. The average Bonchev–Trinajstić information content (AvgIpc) is 2.96. The Morgan fingerprint density at radius 3 is 2.74 bits per heavy atom. The molecular weight excluding hydrogens is 240 g/mol. The van der Waals surface area contributed by atoms with Crippen LogP contribution in [0.15, 0.2) is 28.5 Å². The molecule has 2 N–H and O–H groups in total. The quantitative estimate of drug-likeness (QED) is 0.888. The Labute approximate surface area is 114 Å². The lowest BCUT2D eigenvalue weighted by molar-refractivity contribution is -0.173. The van der Waals surface area contributed by atoms with Gasteiger partial charge in [0.2, 0.25) is 5.88 Å². The lowest BCUT2D eigenvalue weighted by Crippen LogP contribution is -2.41. The Kier molecular flexibility index (Phi) is 3.27. The van der Waals surface area contributed by atoms with E-state index in [-0.39, 0.29) is 6.04 Å². The molecule has 3 rings (SSSR count). The number of hydrogen-bond donors (Lipinski definition) is 1. The van der Waals surface area contributed by atoms with E-state index in [4.69, 9.17) is 15.0 Å². The molecule has 1 aliphatic carbocycles. The van der Waals surface area contributed by atoms with Gasteiger partial charge in [0, 0.05) is 12.1 Å². The molecule has 19 heavy (non-hydrogen) atoms. The second-order valence-electron chi connectivity index (χ2n) is 5.74.